The molecule has 0 atom stereocenters. The third kappa shape index (κ3) is 2.48. The Kier molecular flexibility index (Phi) is 3.15. The van der Waals surface area contributed by atoms with E-state index in [0.717, 1.165) is 0 Å². The van der Waals surface area contributed by atoms with Crippen LogP contribution in [0.25, 0.3) is 0 Å². The highest BCUT2D eigenvalue weighted by molar-refractivity contribution is 6.05. The van der Waals surface area contributed by atoms with E-state index >= 15 is 0 Å². The monoisotopic (exact) mass is 286 g/mol. The van der Waals surface area contributed by atoms with Gasteiger partial charge in [-0.05, 0) is 24.3 Å². The molecule has 2 aromatic rings. The van der Waals surface area contributed by atoms with E-state index in [1.54, 1.807) is 18.2 Å². The highest BCUT2D eigenvalue weighted by Crippen LogP contribution is 2.33. The average molecular weight is 286 g/mol. The van der Waals surface area contributed by atoms with E-state index in [9.17, 15) is 14.9 Å². The fourth-order valence-corrected chi connectivity index (χ4v) is 1.97. The molecule has 7 nitrogen and oxygen atoms in total. The first-order chi connectivity index (χ1) is 10.1. The Morgan fingerprint density at radius 1 is 1.14 bits per heavy atom. The topological polar surface area (TPSA) is 90.7 Å². The molecule has 0 aliphatic carbocycles. The fraction of sp³-hybridized carbons (Fsp3) is 0.0714. The van der Waals surface area contributed by atoms with E-state index in [4.69, 9.17) is 9.47 Å². The number of rotatable bonds is 3. The molecular formula is C14H10N2O5. The lowest BCUT2D eigenvalue weighted by Crippen LogP contribution is -2.13. The molecule has 0 unspecified atom stereocenters. The molecule has 0 bridgehead atoms. The smallest absolute Gasteiger partial charge is 0.292 e. The zero-order chi connectivity index (χ0) is 14.8. The molecule has 0 saturated heterocycles. The van der Waals surface area contributed by atoms with E-state index in [-0.39, 0.29) is 18.2 Å². The first kappa shape index (κ1) is 12.9. The summed E-state index contributed by atoms with van der Waals surface area (Å²) in [4.78, 5) is 22.5. The van der Waals surface area contributed by atoms with Crippen LogP contribution < -0.4 is 14.8 Å². The summed E-state index contributed by atoms with van der Waals surface area (Å²) >= 11 is 0. The van der Waals surface area contributed by atoms with Gasteiger partial charge < -0.3 is 14.8 Å². The third-order valence-electron chi connectivity index (χ3n) is 2.98. The maximum Gasteiger partial charge on any atom is 0.292 e. The second-order valence-corrected chi connectivity index (χ2v) is 4.30. The van der Waals surface area contributed by atoms with Crippen LogP contribution in [0, 0.1) is 10.1 Å². The van der Waals surface area contributed by atoms with Gasteiger partial charge in [0.2, 0.25) is 6.79 Å². The predicted molar refractivity (Wildman–Crippen MR) is 73.6 cm³/mol. The Balaban J connectivity index is 1.85. The molecule has 3 rings (SSSR count). The van der Waals surface area contributed by atoms with Gasteiger partial charge in [-0.2, -0.15) is 0 Å². The number of carbonyl (C=O) groups excluding carboxylic acids is 1. The molecule has 1 N–H and O–H groups in total. The van der Waals surface area contributed by atoms with E-state index < -0.39 is 10.8 Å². The quantitative estimate of drug-likeness (QED) is 0.691. The number of benzene rings is 2. The molecule has 1 heterocycles. The molecule has 2 aromatic carbocycles. The number of fused-ring (bicyclic) bond motifs is 1. The van der Waals surface area contributed by atoms with Crippen molar-refractivity contribution in [1.82, 2.24) is 0 Å². The second kappa shape index (κ2) is 5.12. The highest BCUT2D eigenvalue weighted by Gasteiger charge is 2.19. The third-order valence-corrected chi connectivity index (χ3v) is 2.98. The number of hydrogen-bond acceptors (Lipinski definition) is 5. The van der Waals surface area contributed by atoms with Gasteiger partial charge in [-0.25, -0.2) is 0 Å². The van der Waals surface area contributed by atoms with Crippen LogP contribution in [0.4, 0.5) is 11.4 Å². The van der Waals surface area contributed by atoms with Gasteiger partial charge in [0, 0.05) is 11.6 Å². The normalized spacial score (nSPS) is 12.0. The Labute approximate surface area is 119 Å². The summed E-state index contributed by atoms with van der Waals surface area (Å²) in [6.07, 6.45) is 0. The molecule has 0 saturated carbocycles. The lowest BCUT2D eigenvalue weighted by atomic mass is 10.1. The summed E-state index contributed by atoms with van der Waals surface area (Å²) in [7, 11) is 0. The van der Waals surface area contributed by atoms with Crippen LogP contribution in [0.2, 0.25) is 0 Å². The number of nitrogens with zero attached hydrogens (tertiary/aromatic N) is 1. The first-order valence-corrected chi connectivity index (χ1v) is 6.09. The molecule has 1 aliphatic rings. The molecule has 1 aliphatic heterocycles. The minimum Gasteiger partial charge on any atom is -0.454 e. The van der Waals surface area contributed by atoms with E-state index in [0.29, 0.717) is 17.1 Å². The number of anilines is 1. The number of nitro benzene ring substituents is 1. The summed E-state index contributed by atoms with van der Waals surface area (Å²) in [6.45, 7) is 0.116. The van der Waals surface area contributed by atoms with Gasteiger partial charge in [-0.15, -0.1) is 0 Å². The van der Waals surface area contributed by atoms with Crippen molar-refractivity contribution in [3.05, 3.63) is 58.1 Å². The Morgan fingerprint density at radius 3 is 2.71 bits per heavy atom. The summed E-state index contributed by atoms with van der Waals surface area (Å²) in [6, 6.07) is 10.7. The Hall–Kier alpha value is -3.09. The van der Waals surface area contributed by atoms with Gasteiger partial charge in [0.15, 0.2) is 11.5 Å². The van der Waals surface area contributed by atoms with Crippen LogP contribution in [0.5, 0.6) is 11.5 Å². The number of hydrogen-bond donors (Lipinski definition) is 1. The first-order valence-electron chi connectivity index (χ1n) is 6.09. The van der Waals surface area contributed by atoms with Crippen molar-refractivity contribution in [3.8, 4) is 11.5 Å². The van der Waals surface area contributed by atoms with Crippen molar-refractivity contribution in [2.75, 3.05) is 12.1 Å². The van der Waals surface area contributed by atoms with E-state index in [2.05, 4.69) is 5.32 Å². The molecule has 0 radical (unpaired) electrons. The van der Waals surface area contributed by atoms with Crippen molar-refractivity contribution in [2.24, 2.45) is 0 Å². The molecular weight excluding hydrogens is 276 g/mol. The van der Waals surface area contributed by atoms with Gasteiger partial charge in [-0.1, -0.05) is 12.1 Å². The van der Waals surface area contributed by atoms with Crippen LogP contribution in [0.3, 0.4) is 0 Å². The summed E-state index contributed by atoms with van der Waals surface area (Å²) in [5, 5.41) is 13.4. The SMILES string of the molecule is O=C(Nc1ccccc1[N+](=O)[O-])c1ccc2c(c1)OCO2. The zero-order valence-corrected chi connectivity index (χ0v) is 10.7. The maximum atomic E-state index is 12.2. The predicted octanol–water partition coefficient (Wildman–Crippen LogP) is 2.58. The minimum absolute atomic E-state index is 0.116. The minimum atomic E-state index is -0.546. The summed E-state index contributed by atoms with van der Waals surface area (Å²) in [5.74, 6) is 0.588. The van der Waals surface area contributed by atoms with Crippen LogP contribution in [0.1, 0.15) is 10.4 Å². The van der Waals surface area contributed by atoms with Crippen LogP contribution in [0.15, 0.2) is 42.5 Å². The number of nitro groups is 1. The van der Waals surface area contributed by atoms with Gasteiger partial charge in [-0.3, -0.25) is 14.9 Å². The number of nitrogens with one attached hydrogen (secondary N) is 1. The summed E-state index contributed by atoms with van der Waals surface area (Å²) < 4.78 is 10.3. The highest BCUT2D eigenvalue weighted by atomic mass is 16.7. The molecule has 1 amide bonds. The Morgan fingerprint density at radius 2 is 1.90 bits per heavy atom. The molecule has 21 heavy (non-hydrogen) atoms. The summed E-state index contributed by atoms with van der Waals surface area (Å²) in [5.41, 5.74) is 0.314. The van der Waals surface area contributed by atoms with Gasteiger partial charge >= 0.3 is 0 Å². The van der Waals surface area contributed by atoms with Crippen LogP contribution >= 0.6 is 0 Å². The van der Waals surface area contributed by atoms with Gasteiger partial charge in [0.05, 0.1) is 4.92 Å². The van der Waals surface area contributed by atoms with Gasteiger partial charge in [0.1, 0.15) is 5.69 Å². The standard InChI is InChI=1S/C14H10N2O5/c17-14(9-5-6-12-13(7-9)21-8-20-12)15-10-3-1-2-4-11(10)16(18)19/h1-7H,8H2,(H,15,17). The van der Waals surface area contributed by atoms with Gasteiger partial charge in [0.25, 0.3) is 11.6 Å². The zero-order valence-electron chi connectivity index (χ0n) is 10.7. The molecule has 106 valence electrons. The van der Waals surface area contributed by atoms with E-state index in [1.165, 1.54) is 24.3 Å². The van der Waals surface area contributed by atoms with Crippen molar-refractivity contribution >= 4 is 17.3 Å². The van der Waals surface area contributed by atoms with Crippen molar-refractivity contribution in [3.63, 3.8) is 0 Å². The largest absolute Gasteiger partial charge is 0.454 e. The van der Waals surface area contributed by atoms with Crippen LogP contribution in [-0.2, 0) is 0 Å². The molecule has 0 aromatic heterocycles. The Bertz CT molecular complexity index is 729. The lowest BCUT2D eigenvalue weighted by Gasteiger charge is -2.06. The van der Waals surface area contributed by atoms with Crippen molar-refractivity contribution in [2.45, 2.75) is 0 Å². The number of amides is 1. The van der Waals surface area contributed by atoms with Crippen molar-refractivity contribution in [1.29, 1.82) is 0 Å². The number of para-hydroxylation sites is 2. The van der Waals surface area contributed by atoms with Crippen molar-refractivity contribution < 1.29 is 19.2 Å². The molecule has 0 spiro atoms. The lowest BCUT2D eigenvalue weighted by molar-refractivity contribution is -0.383. The number of carbonyl (C=O) groups is 1. The molecule has 0 fully saturated rings. The average Bonchev–Trinajstić information content (AvgIpc) is 2.94. The maximum absolute atomic E-state index is 12.2. The number of ether oxygens (including phenoxy) is 2. The molecule has 7 heteroatoms. The fourth-order valence-electron chi connectivity index (χ4n) is 1.97. The van der Waals surface area contributed by atoms with Crippen LogP contribution in [-0.4, -0.2) is 17.6 Å². The van der Waals surface area contributed by atoms with E-state index in [1.807, 2.05) is 0 Å². The second-order valence-electron chi connectivity index (χ2n) is 4.30.